The van der Waals surface area contributed by atoms with Crippen molar-refractivity contribution in [2.75, 3.05) is 0 Å². The van der Waals surface area contributed by atoms with Crippen molar-refractivity contribution >= 4 is 34.5 Å². The van der Waals surface area contributed by atoms with Gasteiger partial charge in [-0.3, -0.25) is 0 Å². The Hall–Kier alpha value is -1.11. The highest BCUT2D eigenvalue weighted by Gasteiger charge is 2.20. The highest BCUT2D eigenvalue weighted by atomic mass is 127. The lowest BCUT2D eigenvalue weighted by atomic mass is 10.00. The number of hydrogen-bond donors (Lipinski definition) is 2. The molecule has 15 heavy (non-hydrogen) atoms. The van der Waals surface area contributed by atoms with Gasteiger partial charge in [-0.2, -0.15) is 0 Å². The Morgan fingerprint density at radius 2 is 1.73 bits per heavy atom. The van der Waals surface area contributed by atoms with E-state index in [4.69, 9.17) is 10.2 Å². The zero-order chi connectivity index (χ0) is 11.7. The van der Waals surface area contributed by atoms with E-state index in [1.54, 1.807) is 36.4 Å². The minimum Gasteiger partial charge on any atom is -0.478 e. The molecule has 0 fully saturated rings. The number of halogens is 1. The fourth-order valence-corrected chi connectivity index (χ4v) is 2.32. The number of carboxylic acids is 2. The molecule has 0 saturated carbocycles. The summed E-state index contributed by atoms with van der Waals surface area (Å²) in [6.45, 7) is 3.37. The summed E-state index contributed by atoms with van der Waals surface area (Å²) in [5.74, 6) is -2.20. The van der Waals surface area contributed by atoms with Crippen molar-refractivity contribution in [1.82, 2.24) is 0 Å². The number of carboxylic acid groups (broad SMARTS) is 2. The molecule has 0 atom stereocenters. The van der Waals surface area contributed by atoms with E-state index in [2.05, 4.69) is 0 Å². The lowest BCUT2D eigenvalue weighted by molar-refractivity contribution is 0.0694. The summed E-state index contributed by atoms with van der Waals surface area (Å²) in [4.78, 5) is 21.8. The number of carbonyl (C=O) groups is 2. The maximum atomic E-state index is 11.0. The lowest BCUT2D eigenvalue weighted by Crippen LogP contribution is -2.10. The van der Waals surface area contributed by atoms with Crippen molar-refractivity contribution in [2.45, 2.75) is 13.8 Å². The van der Waals surface area contributed by atoms with Gasteiger partial charge in [0, 0.05) is 3.57 Å². The van der Waals surface area contributed by atoms with Crippen LogP contribution in [0.3, 0.4) is 0 Å². The quantitative estimate of drug-likeness (QED) is 0.820. The fourth-order valence-electron chi connectivity index (χ4n) is 1.29. The third kappa shape index (κ3) is 2.11. The molecule has 1 aromatic carbocycles. The smallest absolute Gasteiger partial charge is 0.337 e. The summed E-state index contributed by atoms with van der Waals surface area (Å²) in [7, 11) is 0. The average Bonchev–Trinajstić information content (AvgIpc) is 2.10. The first-order valence-corrected chi connectivity index (χ1v) is 5.20. The molecule has 1 rings (SSSR count). The predicted octanol–water partition coefficient (Wildman–Crippen LogP) is 2.30. The zero-order valence-corrected chi connectivity index (χ0v) is 10.3. The van der Waals surface area contributed by atoms with Gasteiger partial charge < -0.3 is 10.2 Å². The molecule has 0 aromatic heterocycles. The van der Waals surface area contributed by atoms with Crippen LogP contribution in [0.4, 0.5) is 0 Å². The van der Waals surface area contributed by atoms with Crippen LogP contribution < -0.4 is 0 Å². The molecule has 0 amide bonds. The highest BCUT2D eigenvalue weighted by molar-refractivity contribution is 14.1. The zero-order valence-electron chi connectivity index (χ0n) is 8.17. The van der Waals surface area contributed by atoms with Gasteiger partial charge in [-0.1, -0.05) is 0 Å². The van der Waals surface area contributed by atoms with Gasteiger partial charge in [0.1, 0.15) is 0 Å². The number of benzene rings is 1. The van der Waals surface area contributed by atoms with Crippen molar-refractivity contribution in [1.29, 1.82) is 0 Å². The summed E-state index contributed by atoms with van der Waals surface area (Å²) in [6, 6.07) is 1.49. The van der Waals surface area contributed by atoms with E-state index < -0.39 is 11.9 Å². The Labute approximate surface area is 100 Å². The summed E-state index contributed by atoms with van der Waals surface area (Å²) >= 11 is 1.75. The molecule has 0 bridgehead atoms. The van der Waals surface area contributed by atoms with Gasteiger partial charge in [-0.15, -0.1) is 0 Å². The van der Waals surface area contributed by atoms with Gasteiger partial charge in [-0.05, 0) is 53.6 Å². The number of hydrogen-bond acceptors (Lipinski definition) is 2. The Kier molecular flexibility index (Phi) is 3.33. The van der Waals surface area contributed by atoms with E-state index in [-0.39, 0.29) is 14.7 Å². The van der Waals surface area contributed by atoms with Crippen molar-refractivity contribution in [2.24, 2.45) is 0 Å². The molecule has 1 aromatic rings. The SMILES string of the molecule is Cc1cc(C(=O)O)c(I)c(C(=O)O)c1C. The molecule has 80 valence electrons. The summed E-state index contributed by atoms with van der Waals surface area (Å²) in [5.41, 5.74) is 1.39. The van der Waals surface area contributed by atoms with Crippen LogP contribution >= 0.6 is 22.6 Å². The van der Waals surface area contributed by atoms with Crippen molar-refractivity contribution < 1.29 is 19.8 Å². The van der Waals surface area contributed by atoms with Crippen LogP contribution in [0.15, 0.2) is 6.07 Å². The Balaban J connectivity index is 3.63. The average molecular weight is 320 g/mol. The van der Waals surface area contributed by atoms with Gasteiger partial charge in [0.2, 0.25) is 0 Å². The second-order valence-electron chi connectivity index (χ2n) is 3.17. The molecule has 0 aliphatic carbocycles. The van der Waals surface area contributed by atoms with Crippen LogP contribution in [-0.2, 0) is 0 Å². The Morgan fingerprint density at radius 1 is 1.20 bits per heavy atom. The summed E-state index contributed by atoms with van der Waals surface area (Å²) in [6.07, 6.45) is 0. The summed E-state index contributed by atoms with van der Waals surface area (Å²) in [5, 5.41) is 17.9. The van der Waals surface area contributed by atoms with Crippen LogP contribution in [0.2, 0.25) is 0 Å². The first-order chi connectivity index (χ1) is 6.86. The van der Waals surface area contributed by atoms with Crippen LogP contribution in [0.25, 0.3) is 0 Å². The highest BCUT2D eigenvalue weighted by Crippen LogP contribution is 2.24. The molecule has 0 unspecified atom stereocenters. The van der Waals surface area contributed by atoms with Gasteiger partial charge >= 0.3 is 11.9 Å². The van der Waals surface area contributed by atoms with E-state index in [9.17, 15) is 9.59 Å². The van der Waals surface area contributed by atoms with Crippen LogP contribution in [0, 0.1) is 17.4 Å². The molecule has 0 saturated heterocycles. The molecule has 0 heterocycles. The minimum atomic E-state index is -1.11. The first-order valence-electron chi connectivity index (χ1n) is 4.12. The normalized spacial score (nSPS) is 10.1. The molecule has 5 heteroatoms. The van der Waals surface area contributed by atoms with Crippen molar-refractivity contribution in [3.05, 3.63) is 31.9 Å². The van der Waals surface area contributed by atoms with Crippen LogP contribution in [0.5, 0.6) is 0 Å². The lowest BCUT2D eigenvalue weighted by Gasteiger charge is -2.10. The monoisotopic (exact) mass is 320 g/mol. The molecule has 0 aliphatic rings. The molecule has 0 radical (unpaired) electrons. The minimum absolute atomic E-state index is 0.0381. The van der Waals surface area contributed by atoms with Gasteiger partial charge in [0.15, 0.2) is 0 Å². The Morgan fingerprint density at radius 3 is 2.13 bits per heavy atom. The second-order valence-corrected chi connectivity index (χ2v) is 4.24. The molecule has 4 nitrogen and oxygen atoms in total. The largest absolute Gasteiger partial charge is 0.478 e. The Bertz CT molecular complexity index is 451. The van der Waals surface area contributed by atoms with Crippen LogP contribution in [-0.4, -0.2) is 22.2 Å². The van der Waals surface area contributed by atoms with Gasteiger partial charge in [-0.25, -0.2) is 9.59 Å². The number of rotatable bonds is 2. The maximum absolute atomic E-state index is 11.0. The molecule has 0 spiro atoms. The van der Waals surface area contributed by atoms with E-state index in [0.717, 1.165) is 0 Å². The van der Waals surface area contributed by atoms with E-state index >= 15 is 0 Å². The number of aromatic carboxylic acids is 2. The summed E-state index contributed by atoms with van der Waals surface area (Å²) < 4.78 is 0.274. The van der Waals surface area contributed by atoms with E-state index in [1.807, 2.05) is 0 Å². The van der Waals surface area contributed by atoms with E-state index in [1.165, 1.54) is 6.07 Å². The van der Waals surface area contributed by atoms with Crippen molar-refractivity contribution in [3.63, 3.8) is 0 Å². The third-order valence-electron chi connectivity index (χ3n) is 2.23. The first kappa shape index (κ1) is 12.0. The molecule has 0 aliphatic heterocycles. The molecule has 2 N–H and O–H groups in total. The van der Waals surface area contributed by atoms with Gasteiger partial charge in [0.25, 0.3) is 0 Å². The second kappa shape index (κ2) is 4.18. The van der Waals surface area contributed by atoms with Gasteiger partial charge in [0.05, 0.1) is 11.1 Å². The topological polar surface area (TPSA) is 74.6 Å². The maximum Gasteiger partial charge on any atom is 0.337 e. The number of aryl methyl sites for hydroxylation is 1. The molecular weight excluding hydrogens is 311 g/mol. The fraction of sp³-hybridized carbons (Fsp3) is 0.200. The predicted molar refractivity (Wildman–Crippen MR) is 62.6 cm³/mol. The van der Waals surface area contributed by atoms with E-state index in [0.29, 0.717) is 11.1 Å². The molecular formula is C10H9IO4. The van der Waals surface area contributed by atoms with Crippen LogP contribution in [0.1, 0.15) is 31.8 Å². The standard InChI is InChI=1S/C10H9IO4/c1-4-3-6(9(12)13)8(11)7(5(4)2)10(14)15/h3H,1-2H3,(H,12,13)(H,14,15). The van der Waals surface area contributed by atoms with Crippen molar-refractivity contribution in [3.8, 4) is 0 Å². The third-order valence-corrected chi connectivity index (χ3v) is 3.35.